The molecule has 0 fully saturated rings. The second kappa shape index (κ2) is 21.3. The largest absolute Gasteiger partial charge is 1.00 e. The number of hydrogen-bond donors (Lipinski definition) is 0. The first kappa shape index (κ1) is 31.2. The fraction of sp³-hybridized carbons (Fsp3) is 1.00. The Balaban J connectivity index is 0. The first-order valence-electron chi connectivity index (χ1n) is 10.7. The first-order valence-corrected chi connectivity index (χ1v) is 12.2. The summed E-state index contributed by atoms with van der Waals surface area (Å²) in [6, 6.07) is 0. The van der Waals surface area contributed by atoms with Crippen LogP contribution in [0.15, 0.2) is 0 Å². The number of phosphoric acid groups is 1. The predicted molar refractivity (Wildman–Crippen MR) is 108 cm³/mol. The molecule has 0 aromatic heterocycles. The molecule has 0 aliphatic carbocycles. The minimum atomic E-state index is -4.28. The van der Waals surface area contributed by atoms with Gasteiger partial charge in [0.1, 0.15) is 0 Å². The van der Waals surface area contributed by atoms with E-state index in [2.05, 4.69) is 27.7 Å². The Bertz CT molecular complexity index is 343. The van der Waals surface area contributed by atoms with E-state index in [0.717, 1.165) is 25.7 Å². The standard InChI is InChI=1S/C20H43O6P.Na/c1-5-9-11-19(7-3)17-23-13-15-25-27(21,22)26-16-14-24-18-20(8-4)12-10-6-2;/h19-20H,5-18H2,1-4H3,(H,21,22);/q;+1/p-1. The van der Waals surface area contributed by atoms with Crippen LogP contribution in [0.1, 0.15) is 79.1 Å². The second-order valence-corrected chi connectivity index (χ2v) is 8.51. The first-order chi connectivity index (χ1) is 13.0. The molecule has 0 aliphatic heterocycles. The van der Waals surface area contributed by atoms with Crippen molar-refractivity contribution in [2.24, 2.45) is 11.8 Å². The summed E-state index contributed by atoms with van der Waals surface area (Å²) in [6.07, 6.45) is 9.18. The zero-order valence-corrected chi connectivity index (χ0v) is 21.8. The van der Waals surface area contributed by atoms with Gasteiger partial charge in [0.05, 0.1) is 26.4 Å². The Morgan fingerprint density at radius 1 is 0.750 bits per heavy atom. The van der Waals surface area contributed by atoms with Crippen molar-refractivity contribution in [3.8, 4) is 0 Å². The zero-order valence-electron chi connectivity index (χ0n) is 19.0. The van der Waals surface area contributed by atoms with Crippen molar-refractivity contribution in [1.82, 2.24) is 0 Å². The van der Waals surface area contributed by atoms with Crippen LogP contribution in [0.25, 0.3) is 0 Å². The van der Waals surface area contributed by atoms with E-state index in [1.807, 2.05) is 0 Å². The molecule has 6 nitrogen and oxygen atoms in total. The van der Waals surface area contributed by atoms with E-state index in [4.69, 9.17) is 18.5 Å². The smallest absolute Gasteiger partial charge is 0.756 e. The molecule has 0 saturated carbocycles. The van der Waals surface area contributed by atoms with Gasteiger partial charge in [0, 0.05) is 13.2 Å². The Kier molecular flexibility index (Phi) is 23.7. The quantitative estimate of drug-likeness (QED) is 0.166. The molecular weight excluding hydrogens is 390 g/mol. The third kappa shape index (κ3) is 19.0. The summed E-state index contributed by atoms with van der Waals surface area (Å²) in [7, 11) is -4.28. The summed E-state index contributed by atoms with van der Waals surface area (Å²) in [5, 5.41) is 0. The molecule has 28 heavy (non-hydrogen) atoms. The minimum absolute atomic E-state index is 0. The van der Waals surface area contributed by atoms with Gasteiger partial charge in [-0.25, -0.2) is 0 Å². The fourth-order valence-electron chi connectivity index (χ4n) is 2.75. The Labute approximate surface area is 195 Å². The molecule has 0 heterocycles. The van der Waals surface area contributed by atoms with Gasteiger partial charge in [-0.15, -0.1) is 0 Å². The monoisotopic (exact) mass is 432 g/mol. The van der Waals surface area contributed by atoms with Crippen LogP contribution in [-0.2, 0) is 23.1 Å². The van der Waals surface area contributed by atoms with Crippen LogP contribution < -0.4 is 34.5 Å². The van der Waals surface area contributed by atoms with Crippen LogP contribution >= 0.6 is 7.82 Å². The zero-order chi connectivity index (χ0) is 20.4. The van der Waals surface area contributed by atoms with E-state index in [1.54, 1.807) is 0 Å². The third-order valence-corrected chi connectivity index (χ3v) is 5.75. The van der Waals surface area contributed by atoms with E-state index in [1.165, 1.54) is 25.7 Å². The van der Waals surface area contributed by atoms with Gasteiger partial charge in [-0.1, -0.05) is 66.2 Å². The summed E-state index contributed by atoms with van der Waals surface area (Å²) in [6.45, 7) is 10.4. The maximum Gasteiger partial charge on any atom is 1.00 e. The molecule has 0 radical (unpaired) electrons. The van der Waals surface area contributed by atoms with Crippen LogP contribution in [0.5, 0.6) is 0 Å². The van der Waals surface area contributed by atoms with Gasteiger partial charge in [-0.3, -0.25) is 4.57 Å². The van der Waals surface area contributed by atoms with Crippen LogP contribution in [0.4, 0.5) is 0 Å². The maximum atomic E-state index is 11.7. The summed E-state index contributed by atoms with van der Waals surface area (Å²) in [5.41, 5.74) is 0. The Hall–Kier alpha value is 1.03. The minimum Gasteiger partial charge on any atom is -0.756 e. The van der Waals surface area contributed by atoms with Gasteiger partial charge in [0.25, 0.3) is 7.82 Å². The van der Waals surface area contributed by atoms with Gasteiger partial charge in [0.15, 0.2) is 0 Å². The van der Waals surface area contributed by atoms with E-state index in [9.17, 15) is 9.46 Å². The van der Waals surface area contributed by atoms with Crippen molar-refractivity contribution in [1.29, 1.82) is 0 Å². The average molecular weight is 433 g/mol. The molecule has 0 aliphatic rings. The van der Waals surface area contributed by atoms with E-state index in [0.29, 0.717) is 25.0 Å². The number of ether oxygens (including phenoxy) is 2. The van der Waals surface area contributed by atoms with Gasteiger partial charge >= 0.3 is 29.6 Å². The third-order valence-electron chi connectivity index (χ3n) is 4.75. The van der Waals surface area contributed by atoms with E-state index in [-0.39, 0.29) is 56.0 Å². The molecule has 0 aromatic rings. The van der Waals surface area contributed by atoms with Crippen molar-refractivity contribution < 1.29 is 57.5 Å². The number of hydrogen-bond acceptors (Lipinski definition) is 6. The number of rotatable bonds is 20. The van der Waals surface area contributed by atoms with Crippen molar-refractivity contribution >= 4 is 7.82 Å². The van der Waals surface area contributed by atoms with Crippen molar-refractivity contribution in [2.75, 3.05) is 39.6 Å². The van der Waals surface area contributed by atoms with Gasteiger partial charge in [-0.2, -0.15) is 0 Å². The Morgan fingerprint density at radius 2 is 1.14 bits per heavy atom. The van der Waals surface area contributed by atoms with Crippen LogP contribution in [0.2, 0.25) is 0 Å². The molecule has 0 rings (SSSR count). The molecule has 0 bridgehead atoms. The fourth-order valence-corrected chi connectivity index (χ4v) is 3.42. The molecule has 8 heteroatoms. The number of unbranched alkanes of at least 4 members (excludes halogenated alkanes) is 2. The van der Waals surface area contributed by atoms with Gasteiger partial charge in [0.2, 0.25) is 0 Å². The average Bonchev–Trinajstić information content (AvgIpc) is 2.66. The van der Waals surface area contributed by atoms with Crippen molar-refractivity contribution in [2.45, 2.75) is 79.1 Å². The number of phosphoric ester groups is 1. The summed E-state index contributed by atoms with van der Waals surface area (Å²) >= 11 is 0. The molecule has 0 aromatic carbocycles. The molecule has 2 atom stereocenters. The molecular formula is C20H42NaO6P. The van der Waals surface area contributed by atoms with Crippen LogP contribution in [0.3, 0.4) is 0 Å². The summed E-state index contributed by atoms with van der Waals surface area (Å²) < 4.78 is 32.4. The van der Waals surface area contributed by atoms with Crippen molar-refractivity contribution in [3.63, 3.8) is 0 Å². The topological polar surface area (TPSA) is 77.1 Å². The summed E-state index contributed by atoms with van der Waals surface area (Å²) in [5.74, 6) is 1.06. The molecule has 0 spiro atoms. The molecule has 0 saturated heterocycles. The molecule has 0 amide bonds. The van der Waals surface area contributed by atoms with Crippen LogP contribution in [-0.4, -0.2) is 39.6 Å². The van der Waals surface area contributed by atoms with E-state index >= 15 is 0 Å². The molecule has 2 unspecified atom stereocenters. The Morgan fingerprint density at radius 3 is 1.46 bits per heavy atom. The maximum absolute atomic E-state index is 11.7. The summed E-state index contributed by atoms with van der Waals surface area (Å²) in [4.78, 5) is 11.7. The van der Waals surface area contributed by atoms with Gasteiger partial charge in [-0.05, 0) is 24.7 Å². The van der Waals surface area contributed by atoms with Gasteiger partial charge < -0.3 is 23.4 Å². The molecule has 0 N–H and O–H groups in total. The van der Waals surface area contributed by atoms with Crippen LogP contribution in [0, 0.1) is 11.8 Å². The molecule has 164 valence electrons. The predicted octanol–water partition coefficient (Wildman–Crippen LogP) is 1.96. The second-order valence-electron chi connectivity index (χ2n) is 7.10. The normalized spacial score (nSPS) is 15.6. The van der Waals surface area contributed by atoms with E-state index < -0.39 is 7.82 Å². The van der Waals surface area contributed by atoms with Crippen molar-refractivity contribution in [3.05, 3.63) is 0 Å². The SMILES string of the molecule is CCCCC(CC)COCCOP(=O)([O-])OCCOCC(CC)CCCC.[Na+].